The van der Waals surface area contributed by atoms with Gasteiger partial charge in [0.1, 0.15) is 17.3 Å². The van der Waals surface area contributed by atoms with Crippen LogP contribution < -0.4 is 15.2 Å². The summed E-state index contributed by atoms with van der Waals surface area (Å²) in [4.78, 5) is 31.7. The Balaban J connectivity index is 1.98. The SMILES string of the molecule is CN1CCN(c2nc3c(-c4ccc(F)cc4F)cc(OC(=O)O)c(=O)n3cc2F)CC1. The fraction of sp³-hybridized carbons (Fsp3) is 0.250. The quantitative estimate of drug-likeness (QED) is 0.634. The fourth-order valence-electron chi connectivity index (χ4n) is 3.47. The second-order valence-corrected chi connectivity index (χ2v) is 7.12. The lowest BCUT2D eigenvalue weighted by Gasteiger charge is -2.33. The number of rotatable bonds is 3. The molecule has 11 heteroatoms. The smallest absolute Gasteiger partial charge is 0.449 e. The van der Waals surface area contributed by atoms with Gasteiger partial charge in [-0.2, -0.15) is 0 Å². The highest BCUT2D eigenvalue weighted by Crippen LogP contribution is 2.30. The van der Waals surface area contributed by atoms with Gasteiger partial charge < -0.3 is 19.6 Å². The summed E-state index contributed by atoms with van der Waals surface area (Å²) in [5.41, 5.74) is -1.31. The van der Waals surface area contributed by atoms with Crippen LogP contribution in [0.25, 0.3) is 16.8 Å². The molecule has 0 spiro atoms. The molecule has 8 nitrogen and oxygen atoms in total. The van der Waals surface area contributed by atoms with Gasteiger partial charge in [-0.1, -0.05) is 0 Å². The zero-order valence-corrected chi connectivity index (χ0v) is 16.3. The first-order valence-electron chi connectivity index (χ1n) is 9.30. The minimum atomic E-state index is -1.77. The van der Waals surface area contributed by atoms with E-state index in [1.807, 2.05) is 7.05 Å². The molecule has 1 N–H and O–H groups in total. The van der Waals surface area contributed by atoms with Crippen LogP contribution in [0.15, 0.2) is 35.3 Å². The third kappa shape index (κ3) is 3.91. The van der Waals surface area contributed by atoms with Crippen LogP contribution in [0.4, 0.5) is 23.8 Å². The Morgan fingerprint density at radius 2 is 1.77 bits per heavy atom. The maximum Gasteiger partial charge on any atom is 0.511 e. The molecule has 162 valence electrons. The van der Waals surface area contributed by atoms with E-state index in [2.05, 4.69) is 14.6 Å². The summed E-state index contributed by atoms with van der Waals surface area (Å²) >= 11 is 0. The van der Waals surface area contributed by atoms with Crippen molar-refractivity contribution in [2.75, 3.05) is 38.1 Å². The van der Waals surface area contributed by atoms with Crippen molar-refractivity contribution in [3.8, 4) is 16.9 Å². The van der Waals surface area contributed by atoms with E-state index >= 15 is 0 Å². The van der Waals surface area contributed by atoms with Crippen LogP contribution >= 0.6 is 0 Å². The standard InChI is InChI=1S/C20H17F3N4O4/c1-25-4-6-26(7-5-25)18-15(23)10-27-17(24-18)13(9-16(19(27)28)31-20(29)30)12-3-2-11(21)8-14(12)22/h2-3,8-10H,4-7H2,1H3,(H,29,30). The summed E-state index contributed by atoms with van der Waals surface area (Å²) in [6.07, 6.45) is -0.914. The number of aromatic nitrogens is 2. The van der Waals surface area contributed by atoms with Crippen LogP contribution in [0.5, 0.6) is 5.75 Å². The number of pyridine rings is 1. The average Bonchev–Trinajstić information content (AvgIpc) is 2.71. The highest BCUT2D eigenvalue weighted by atomic mass is 19.1. The number of carbonyl (C=O) groups is 1. The summed E-state index contributed by atoms with van der Waals surface area (Å²) in [6.45, 7) is 2.32. The van der Waals surface area contributed by atoms with Gasteiger partial charge in [0.25, 0.3) is 5.56 Å². The van der Waals surface area contributed by atoms with E-state index in [-0.39, 0.29) is 22.6 Å². The zero-order chi connectivity index (χ0) is 22.3. The van der Waals surface area contributed by atoms with E-state index in [4.69, 9.17) is 5.11 Å². The van der Waals surface area contributed by atoms with Gasteiger partial charge in [0, 0.05) is 43.4 Å². The Labute approximate surface area is 173 Å². The van der Waals surface area contributed by atoms with Gasteiger partial charge in [-0.15, -0.1) is 0 Å². The van der Waals surface area contributed by atoms with Crippen molar-refractivity contribution in [3.63, 3.8) is 0 Å². The van der Waals surface area contributed by atoms with Gasteiger partial charge in [0.05, 0.1) is 6.20 Å². The lowest BCUT2D eigenvalue weighted by molar-refractivity contribution is 0.143. The van der Waals surface area contributed by atoms with Crippen molar-refractivity contribution in [3.05, 3.63) is 58.3 Å². The van der Waals surface area contributed by atoms with Crippen molar-refractivity contribution in [2.24, 2.45) is 0 Å². The monoisotopic (exact) mass is 434 g/mol. The molecule has 3 aromatic rings. The van der Waals surface area contributed by atoms with Gasteiger partial charge in [-0.05, 0) is 25.2 Å². The van der Waals surface area contributed by atoms with Crippen LogP contribution in [-0.4, -0.2) is 58.8 Å². The Morgan fingerprint density at radius 3 is 2.42 bits per heavy atom. The van der Waals surface area contributed by atoms with Gasteiger partial charge in [0.15, 0.2) is 11.6 Å². The Bertz CT molecular complexity index is 1240. The second-order valence-electron chi connectivity index (χ2n) is 7.12. The normalized spacial score (nSPS) is 14.8. The van der Waals surface area contributed by atoms with E-state index in [1.54, 1.807) is 4.90 Å². The van der Waals surface area contributed by atoms with Crippen LogP contribution in [0.2, 0.25) is 0 Å². The van der Waals surface area contributed by atoms with Gasteiger partial charge in [0.2, 0.25) is 5.75 Å². The van der Waals surface area contributed by atoms with Crippen LogP contribution in [0.3, 0.4) is 0 Å². The Morgan fingerprint density at radius 1 is 1.06 bits per heavy atom. The molecule has 1 saturated heterocycles. The lowest BCUT2D eigenvalue weighted by atomic mass is 10.1. The lowest BCUT2D eigenvalue weighted by Crippen LogP contribution is -2.45. The highest BCUT2D eigenvalue weighted by molar-refractivity contribution is 5.80. The molecule has 1 aliphatic rings. The molecule has 3 heterocycles. The molecule has 0 unspecified atom stereocenters. The van der Waals surface area contributed by atoms with Gasteiger partial charge in [-0.3, -0.25) is 9.20 Å². The molecule has 0 radical (unpaired) electrons. The number of benzene rings is 1. The number of hydrogen-bond donors (Lipinski definition) is 1. The number of ether oxygens (including phenoxy) is 1. The van der Waals surface area contributed by atoms with E-state index < -0.39 is 34.9 Å². The van der Waals surface area contributed by atoms with E-state index in [0.717, 1.165) is 28.8 Å². The molecule has 4 rings (SSSR count). The number of carboxylic acid groups (broad SMARTS) is 1. The second kappa shape index (κ2) is 7.91. The largest absolute Gasteiger partial charge is 0.511 e. The van der Waals surface area contributed by atoms with Crippen molar-refractivity contribution < 1.29 is 27.8 Å². The summed E-state index contributed by atoms with van der Waals surface area (Å²) in [7, 11) is 1.93. The number of nitrogens with zero attached hydrogens (tertiary/aromatic N) is 4. The van der Waals surface area contributed by atoms with Crippen LogP contribution in [-0.2, 0) is 0 Å². The van der Waals surface area contributed by atoms with Crippen LogP contribution in [0.1, 0.15) is 0 Å². The number of halogens is 3. The number of likely N-dealkylation sites (N-methyl/N-ethyl adjacent to an activating group) is 1. The van der Waals surface area contributed by atoms with Crippen LogP contribution in [0, 0.1) is 17.5 Å². The Kier molecular flexibility index (Phi) is 5.27. The van der Waals surface area contributed by atoms with Gasteiger partial charge in [-0.25, -0.2) is 22.9 Å². The summed E-state index contributed by atoms with van der Waals surface area (Å²) in [5.74, 6) is -3.29. The third-order valence-electron chi connectivity index (χ3n) is 5.06. The number of piperazine rings is 1. The molecule has 0 saturated carbocycles. The molecular formula is C20H17F3N4O4. The minimum absolute atomic E-state index is 0.0248. The molecule has 1 fully saturated rings. The predicted molar refractivity (Wildman–Crippen MR) is 105 cm³/mol. The third-order valence-corrected chi connectivity index (χ3v) is 5.06. The molecular weight excluding hydrogens is 417 g/mol. The maximum atomic E-state index is 14.9. The zero-order valence-electron chi connectivity index (χ0n) is 16.3. The highest BCUT2D eigenvalue weighted by Gasteiger charge is 2.23. The summed E-state index contributed by atoms with van der Waals surface area (Å²) in [5, 5.41) is 8.91. The number of hydrogen-bond acceptors (Lipinski definition) is 6. The maximum absolute atomic E-state index is 14.9. The molecule has 1 aromatic carbocycles. The van der Waals surface area contributed by atoms with E-state index in [9.17, 15) is 22.8 Å². The minimum Gasteiger partial charge on any atom is -0.449 e. The summed E-state index contributed by atoms with van der Waals surface area (Å²) in [6, 6.07) is 3.76. The number of anilines is 1. The molecule has 2 aromatic heterocycles. The van der Waals surface area contributed by atoms with E-state index in [0.29, 0.717) is 32.2 Å². The molecule has 31 heavy (non-hydrogen) atoms. The molecule has 0 atom stereocenters. The predicted octanol–water partition coefficient (Wildman–Crippen LogP) is 2.59. The average molecular weight is 434 g/mol. The fourth-order valence-corrected chi connectivity index (χ4v) is 3.47. The first-order chi connectivity index (χ1) is 14.7. The van der Waals surface area contributed by atoms with Crippen molar-refractivity contribution >= 4 is 17.6 Å². The topological polar surface area (TPSA) is 87.4 Å². The number of fused-ring (bicyclic) bond motifs is 1. The van der Waals surface area contributed by atoms with Crippen molar-refractivity contribution in [1.29, 1.82) is 0 Å². The first-order valence-corrected chi connectivity index (χ1v) is 9.30. The molecule has 0 aliphatic carbocycles. The molecule has 1 aliphatic heterocycles. The summed E-state index contributed by atoms with van der Waals surface area (Å²) < 4.78 is 48.1. The molecule has 0 amide bonds. The molecule has 0 bridgehead atoms. The van der Waals surface area contributed by atoms with Gasteiger partial charge >= 0.3 is 6.16 Å². The van der Waals surface area contributed by atoms with E-state index in [1.165, 1.54) is 0 Å². The first kappa shape index (κ1) is 20.7. The Hall–Kier alpha value is -3.60. The van der Waals surface area contributed by atoms with Crippen molar-refractivity contribution in [1.82, 2.24) is 14.3 Å². The van der Waals surface area contributed by atoms with Crippen molar-refractivity contribution in [2.45, 2.75) is 0 Å².